The van der Waals surface area contributed by atoms with Crippen molar-refractivity contribution in [2.75, 3.05) is 18.4 Å². The molecule has 8 heteroatoms. The lowest BCUT2D eigenvalue weighted by molar-refractivity contribution is 0.0766. The molecule has 0 aliphatic heterocycles. The first-order valence-electron chi connectivity index (χ1n) is 9.03. The number of aromatic nitrogens is 2. The van der Waals surface area contributed by atoms with Crippen molar-refractivity contribution in [3.05, 3.63) is 57.7 Å². The molecule has 0 radical (unpaired) electrons. The Kier molecular flexibility index (Phi) is 5.30. The van der Waals surface area contributed by atoms with E-state index in [1.807, 2.05) is 20.8 Å². The van der Waals surface area contributed by atoms with Gasteiger partial charge in [0.15, 0.2) is 5.69 Å². The van der Waals surface area contributed by atoms with Crippen molar-refractivity contribution in [1.29, 1.82) is 0 Å². The molecular weight excluding hydrogens is 360 g/mol. The van der Waals surface area contributed by atoms with Gasteiger partial charge in [-0.3, -0.25) is 14.3 Å². The summed E-state index contributed by atoms with van der Waals surface area (Å²) in [6.45, 7) is 6.72. The lowest BCUT2D eigenvalue weighted by Gasteiger charge is -2.16. The standard InChI is InChI=1S/C20H22N4O4/c1-5-24(6-2)20(27)15-11-16(23(4)22-15)19(26)21-13-7-8-14-12(3)9-18(25)28-17(14)10-13/h7-11H,5-6H2,1-4H3,(H,21,26). The lowest BCUT2D eigenvalue weighted by atomic mass is 10.1. The van der Waals surface area contributed by atoms with E-state index in [9.17, 15) is 14.4 Å². The van der Waals surface area contributed by atoms with Gasteiger partial charge in [0.25, 0.3) is 11.8 Å². The number of amides is 2. The highest BCUT2D eigenvalue weighted by Gasteiger charge is 2.20. The zero-order valence-electron chi connectivity index (χ0n) is 16.3. The number of hydrogen-bond donors (Lipinski definition) is 1. The molecule has 2 aromatic heterocycles. The molecule has 2 heterocycles. The topological polar surface area (TPSA) is 97.4 Å². The number of rotatable bonds is 5. The van der Waals surface area contributed by atoms with E-state index in [2.05, 4.69) is 10.4 Å². The first kappa shape index (κ1) is 19.3. The number of nitrogens with zero attached hydrogens (tertiary/aromatic N) is 3. The molecule has 0 spiro atoms. The highest BCUT2D eigenvalue weighted by Crippen LogP contribution is 2.21. The number of carbonyl (C=O) groups excluding carboxylic acids is 2. The highest BCUT2D eigenvalue weighted by atomic mass is 16.4. The Morgan fingerprint density at radius 2 is 1.89 bits per heavy atom. The molecule has 0 fully saturated rings. The average Bonchev–Trinajstić information content (AvgIpc) is 3.04. The summed E-state index contributed by atoms with van der Waals surface area (Å²) in [6, 6.07) is 8.00. The van der Waals surface area contributed by atoms with E-state index in [-0.39, 0.29) is 17.3 Å². The van der Waals surface area contributed by atoms with Crippen LogP contribution in [0.25, 0.3) is 11.0 Å². The SMILES string of the molecule is CCN(CC)C(=O)c1cc(C(=O)Nc2ccc3c(C)cc(=O)oc3c2)n(C)n1. The van der Waals surface area contributed by atoms with Crippen molar-refractivity contribution < 1.29 is 14.0 Å². The lowest BCUT2D eigenvalue weighted by Crippen LogP contribution is -2.30. The summed E-state index contributed by atoms with van der Waals surface area (Å²) >= 11 is 0. The summed E-state index contributed by atoms with van der Waals surface area (Å²) in [6.07, 6.45) is 0. The Balaban J connectivity index is 1.86. The Morgan fingerprint density at radius 1 is 1.18 bits per heavy atom. The second-order valence-electron chi connectivity index (χ2n) is 6.43. The molecule has 0 aliphatic carbocycles. The number of benzene rings is 1. The van der Waals surface area contributed by atoms with Crippen molar-refractivity contribution in [2.24, 2.45) is 7.05 Å². The fourth-order valence-corrected chi connectivity index (χ4v) is 3.05. The van der Waals surface area contributed by atoms with E-state index >= 15 is 0 Å². The van der Waals surface area contributed by atoms with Gasteiger partial charge in [-0.15, -0.1) is 0 Å². The molecule has 2 amide bonds. The van der Waals surface area contributed by atoms with Gasteiger partial charge in [0.05, 0.1) is 0 Å². The van der Waals surface area contributed by atoms with Gasteiger partial charge < -0.3 is 14.6 Å². The molecular formula is C20H22N4O4. The summed E-state index contributed by atoms with van der Waals surface area (Å²) in [5, 5.41) is 7.72. The van der Waals surface area contributed by atoms with Crippen LogP contribution in [0.15, 0.2) is 39.5 Å². The maximum absolute atomic E-state index is 12.7. The zero-order chi connectivity index (χ0) is 20.4. The fraction of sp³-hybridized carbons (Fsp3) is 0.300. The Morgan fingerprint density at radius 3 is 2.57 bits per heavy atom. The maximum Gasteiger partial charge on any atom is 0.336 e. The molecule has 1 N–H and O–H groups in total. The number of fused-ring (bicyclic) bond motifs is 1. The van der Waals surface area contributed by atoms with Gasteiger partial charge in [-0.2, -0.15) is 5.10 Å². The van der Waals surface area contributed by atoms with E-state index in [4.69, 9.17) is 4.42 Å². The summed E-state index contributed by atoms with van der Waals surface area (Å²) in [7, 11) is 1.61. The number of carbonyl (C=O) groups is 2. The van der Waals surface area contributed by atoms with Crippen LogP contribution in [0.3, 0.4) is 0 Å². The van der Waals surface area contributed by atoms with Crippen LogP contribution in [-0.2, 0) is 7.05 Å². The van der Waals surface area contributed by atoms with Crippen LogP contribution in [-0.4, -0.2) is 39.6 Å². The van der Waals surface area contributed by atoms with Gasteiger partial charge in [0.2, 0.25) is 0 Å². The van der Waals surface area contributed by atoms with Gasteiger partial charge in [-0.25, -0.2) is 4.79 Å². The van der Waals surface area contributed by atoms with E-state index < -0.39 is 11.5 Å². The molecule has 28 heavy (non-hydrogen) atoms. The van der Waals surface area contributed by atoms with E-state index in [0.29, 0.717) is 24.4 Å². The maximum atomic E-state index is 12.7. The third kappa shape index (κ3) is 3.66. The van der Waals surface area contributed by atoms with E-state index in [1.54, 1.807) is 30.1 Å². The van der Waals surface area contributed by atoms with Crippen LogP contribution in [0.4, 0.5) is 5.69 Å². The molecule has 0 bridgehead atoms. The zero-order valence-corrected chi connectivity index (χ0v) is 16.3. The van der Waals surface area contributed by atoms with Crippen molar-refractivity contribution in [3.63, 3.8) is 0 Å². The largest absolute Gasteiger partial charge is 0.423 e. The van der Waals surface area contributed by atoms with Gasteiger partial charge in [0.1, 0.15) is 11.3 Å². The van der Waals surface area contributed by atoms with Crippen LogP contribution in [0.2, 0.25) is 0 Å². The Labute approximate surface area is 161 Å². The summed E-state index contributed by atoms with van der Waals surface area (Å²) in [5.74, 6) is -0.634. The molecule has 146 valence electrons. The molecule has 3 rings (SSSR count). The minimum Gasteiger partial charge on any atom is -0.423 e. The normalized spacial score (nSPS) is 10.9. The second kappa shape index (κ2) is 7.67. The van der Waals surface area contributed by atoms with Crippen LogP contribution in [0.1, 0.15) is 40.4 Å². The third-order valence-corrected chi connectivity index (χ3v) is 4.59. The molecule has 0 aliphatic rings. The molecule has 3 aromatic rings. The molecule has 0 atom stereocenters. The highest BCUT2D eigenvalue weighted by molar-refractivity contribution is 6.05. The number of anilines is 1. The second-order valence-corrected chi connectivity index (χ2v) is 6.43. The predicted molar refractivity (Wildman–Crippen MR) is 106 cm³/mol. The van der Waals surface area contributed by atoms with Gasteiger partial charge >= 0.3 is 5.63 Å². The Hall–Kier alpha value is -3.42. The van der Waals surface area contributed by atoms with Gasteiger partial charge in [-0.05, 0) is 38.5 Å². The van der Waals surface area contributed by atoms with Crippen molar-refractivity contribution in [1.82, 2.24) is 14.7 Å². The number of aryl methyl sites for hydroxylation is 2. The van der Waals surface area contributed by atoms with Crippen LogP contribution in [0, 0.1) is 6.92 Å². The number of nitrogens with one attached hydrogen (secondary N) is 1. The monoisotopic (exact) mass is 382 g/mol. The Bertz CT molecular complexity index is 1110. The van der Waals surface area contributed by atoms with Crippen molar-refractivity contribution in [3.8, 4) is 0 Å². The van der Waals surface area contributed by atoms with Crippen LogP contribution < -0.4 is 10.9 Å². The van der Waals surface area contributed by atoms with Crippen molar-refractivity contribution in [2.45, 2.75) is 20.8 Å². The minimum absolute atomic E-state index is 0.219. The first-order chi connectivity index (χ1) is 13.3. The summed E-state index contributed by atoms with van der Waals surface area (Å²) in [5.41, 5.74) is 1.70. The molecule has 0 saturated carbocycles. The third-order valence-electron chi connectivity index (χ3n) is 4.59. The molecule has 8 nitrogen and oxygen atoms in total. The molecule has 0 unspecified atom stereocenters. The van der Waals surface area contributed by atoms with Crippen molar-refractivity contribution >= 4 is 28.5 Å². The average molecular weight is 382 g/mol. The summed E-state index contributed by atoms with van der Waals surface area (Å²) < 4.78 is 6.58. The van der Waals surface area contributed by atoms with Crippen LogP contribution >= 0.6 is 0 Å². The fourth-order valence-electron chi connectivity index (χ4n) is 3.05. The minimum atomic E-state index is -0.445. The number of hydrogen-bond acceptors (Lipinski definition) is 5. The van der Waals surface area contributed by atoms with Gasteiger partial charge in [0, 0.05) is 49.4 Å². The molecule has 0 saturated heterocycles. The first-order valence-corrected chi connectivity index (χ1v) is 9.03. The molecule has 1 aromatic carbocycles. The van der Waals surface area contributed by atoms with Gasteiger partial charge in [-0.1, -0.05) is 0 Å². The summed E-state index contributed by atoms with van der Waals surface area (Å²) in [4.78, 5) is 38.3. The smallest absolute Gasteiger partial charge is 0.336 e. The predicted octanol–water partition coefficient (Wildman–Crippen LogP) is 2.57. The van der Waals surface area contributed by atoms with E-state index in [0.717, 1.165) is 10.9 Å². The quantitative estimate of drug-likeness (QED) is 0.684. The van der Waals surface area contributed by atoms with E-state index in [1.165, 1.54) is 16.8 Å². The van der Waals surface area contributed by atoms with Crippen LogP contribution in [0.5, 0.6) is 0 Å².